The van der Waals surface area contributed by atoms with E-state index in [4.69, 9.17) is 9.47 Å². The van der Waals surface area contributed by atoms with Gasteiger partial charge in [0.25, 0.3) is 0 Å². The maximum Gasteiger partial charge on any atom is 0.308 e. The Kier molecular flexibility index (Phi) is 8.78. The zero-order valence-corrected chi connectivity index (χ0v) is 21.1. The summed E-state index contributed by atoms with van der Waals surface area (Å²) in [5.41, 5.74) is 2.84. The molecule has 7 heteroatoms. The Labute approximate surface area is 212 Å². The van der Waals surface area contributed by atoms with Crippen LogP contribution in [0.1, 0.15) is 42.9 Å². The molecule has 1 fully saturated rings. The summed E-state index contributed by atoms with van der Waals surface area (Å²) in [6.07, 6.45) is 4.95. The topological polar surface area (TPSA) is 92.1 Å². The summed E-state index contributed by atoms with van der Waals surface area (Å²) in [5, 5.41) is 21.8. The minimum absolute atomic E-state index is 0.0504. The van der Waals surface area contributed by atoms with Crippen molar-refractivity contribution in [2.45, 2.75) is 38.2 Å². The smallest absolute Gasteiger partial charge is 0.308 e. The van der Waals surface area contributed by atoms with E-state index in [1.165, 1.54) is 5.56 Å². The molecule has 1 aliphatic rings. The van der Waals surface area contributed by atoms with Gasteiger partial charge in [0.1, 0.15) is 11.5 Å². The van der Waals surface area contributed by atoms with E-state index >= 15 is 0 Å². The van der Waals surface area contributed by atoms with E-state index in [0.29, 0.717) is 25.1 Å². The summed E-state index contributed by atoms with van der Waals surface area (Å²) in [5.74, 6) is 0.464. The Morgan fingerprint density at radius 3 is 2.72 bits per heavy atom. The van der Waals surface area contributed by atoms with Crippen molar-refractivity contribution in [3.05, 3.63) is 65.9 Å². The van der Waals surface area contributed by atoms with Crippen molar-refractivity contribution in [1.82, 2.24) is 9.88 Å². The highest BCUT2D eigenvalue weighted by molar-refractivity contribution is 5.83. The van der Waals surface area contributed by atoms with E-state index in [-0.39, 0.29) is 5.92 Å². The number of hydrogen-bond donors (Lipinski definition) is 2. The summed E-state index contributed by atoms with van der Waals surface area (Å²) in [4.78, 5) is 18.8. The number of benzene rings is 2. The van der Waals surface area contributed by atoms with E-state index < -0.39 is 18.0 Å². The number of pyridine rings is 1. The fourth-order valence-corrected chi connectivity index (χ4v) is 5.32. The summed E-state index contributed by atoms with van der Waals surface area (Å²) in [7, 11) is 3.29. The molecule has 1 aliphatic heterocycles. The van der Waals surface area contributed by atoms with Gasteiger partial charge in [-0.2, -0.15) is 0 Å². The first kappa shape index (κ1) is 25.9. The zero-order chi connectivity index (χ0) is 25.5. The van der Waals surface area contributed by atoms with Gasteiger partial charge in [-0.25, -0.2) is 0 Å². The molecule has 0 bridgehead atoms. The van der Waals surface area contributed by atoms with Crippen LogP contribution in [-0.2, 0) is 11.2 Å². The highest BCUT2D eigenvalue weighted by Crippen LogP contribution is 2.34. The third-order valence-electron chi connectivity index (χ3n) is 7.38. The number of ether oxygens (including phenoxy) is 2. The van der Waals surface area contributed by atoms with Crippen LogP contribution in [0.4, 0.5) is 0 Å². The molecule has 0 amide bonds. The number of piperidine rings is 1. The molecule has 192 valence electrons. The Bertz CT molecular complexity index is 1170. The van der Waals surface area contributed by atoms with Gasteiger partial charge in [0.05, 0.1) is 31.8 Å². The van der Waals surface area contributed by atoms with Gasteiger partial charge in [0, 0.05) is 18.1 Å². The number of rotatable bonds is 11. The number of carboxylic acid groups (broad SMARTS) is 1. The van der Waals surface area contributed by atoms with Crippen LogP contribution in [0, 0.1) is 11.8 Å². The van der Waals surface area contributed by atoms with Gasteiger partial charge < -0.3 is 24.6 Å². The van der Waals surface area contributed by atoms with Gasteiger partial charge in [0.15, 0.2) is 0 Å². The number of aliphatic hydroxyl groups excluding tert-OH is 1. The highest BCUT2D eigenvalue weighted by atomic mass is 16.5. The number of hydrogen-bond acceptors (Lipinski definition) is 6. The Hall–Kier alpha value is -3.16. The Morgan fingerprint density at radius 2 is 1.94 bits per heavy atom. The van der Waals surface area contributed by atoms with E-state index in [1.54, 1.807) is 20.4 Å². The van der Waals surface area contributed by atoms with Crippen LogP contribution >= 0.6 is 0 Å². The predicted molar refractivity (Wildman–Crippen MR) is 139 cm³/mol. The van der Waals surface area contributed by atoms with E-state index in [0.717, 1.165) is 54.6 Å². The molecule has 3 atom stereocenters. The monoisotopic (exact) mass is 492 g/mol. The van der Waals surface area contributed by atoms with Gasteiger partial charge in [0.2, 0.25) is 0 Å². The second-order valence-electron chi connectivity index (χ2n) is 9.63. The summed E-state index contributed by atoms with van der Waals surface area (Å²) >= 11 is 0. The molecule has 0 radical (unpaired) electrons. The first-order chi connectivity index (χ1) is 17.5. The molecule has 0 spiro atoms. The van der Waals surface area contributed by atoms with Crippen molar-refractivity contribution in [1.29, 1.82) is 0 Å². The van der Waals surface area contributed by atoms with Crippen LogP contribution in [0.25, 0.3) is 10.9 Å². The van der Waals surface area contributed by atoms with Crippen molar-refractivity contribution < 1.29 is 24.5 Å². The van der Waals surface area contributed by atoms with E-state index in [1.807, 2.05) is 36.4 Å². The molecule has 0 aliphatic carbocycles. The highest BCUT2D eigenvalue weighted by Gasteiger charge is 2.34. The lowest BCUT2D eigenvalue weighted by molar-refractivity contribution is -0.146. The van der Waals surface area contributed by atoms with E-state index in [9.17, 15) is 15.0 Å². The number of carboxylic acids is 1. The van der Waals surface area contributed by atoms with Crippen LogP contribution < -0.4 is 9.47 Å². The fraction of sp³-hybridized carbons (Fsp3) is 0.448. The number of aryl methyl sites for hydroxylation is 1. The molecule has 4 rings (SSSR count). The maximum atomic E-state index is 12.1. The van der Waals surface area contributed by atoms with Gasteiger partial charge in [-0.3, -0.25) is 9.78 Å². The maximum absolute atomic E-state index is 12.1. The number of aliphatic carboxylic acids is 1. The molecule has 3 aromatic rings. The lowest BCUT2D eigenvalue weighted by atomic mass is 9.81. The van der Waals surface area contributed by atoms with Gasteiger partial charge in [-0.1, -0.05) is 12.1 Å². The summed E-state index contributed by atoms with van der Waals surface area (Å²) in [6, 6.07) is 15.6. The van der Waals surface area contributed by atoms with Crippen LogP contribution in [0.3, 0.4) is 0 Å². The molecule has 2 aromatic carbocycles. The molecule has 1 unspecified atom stereocenters. The van der Waals surface area contributed by atoms with Gasteiger partial charge in [-0.05, 0) is 98.6 Å². The number of aliphatic hydroxyl groups is 1. The number of aromatic nitrogens is 1. The SMILES string of the molecule is COc1cccc(CCCN2CC[C@@H](CCC(O)c3ccnc4ccc(OC)cc34)[C@@H](C(=O)O)C2)c1. The van der Waals surface area contributed by atoms with Crippen LogP contribution in [0.2, 0.25) is 0 Å². The molecular formula is C29H36N2O5. The average Bonchev–Trinajstić information content (AvgIpc) is 2.91. The van der Waals surface area contributed by atoms with E-state index in [2.05, 4.69) is 22.0 Å². The quantitative estimate of drug-likeness (QED) is 0.400. The molecule has 1 aromatic heterocycles. The Balaban J connectivity index is 1.32. The molecule has 1 saturated heterocycles. The minimum atomic E-state index is -0.744. The summed E-state index contributed by atoms with van der Waals surface area (Å²) < 4.78 is 10.6. The third-order valence-corrected chi connectivity index (χ3v) is 7.38. The third kappa shape index (κ3) is 6.33. The van der Waals surface area contributed by atoms with Crippen LogP contribution in [-0.4, -0.2) is 59.9 Å². The van der Waals surface area contributed by atoms with Crippen molar-refractivity contribution in [2.24, 2.45) is 11.8 Å². The van der Waals surface area contributed by atoms with Crippen LogP contribution in [0.5, 0.6) is 11.5 Å². The van der Waals surface area contributed by atoms with Crippen LogP contribution in [0.15, 0.2) is 54.7 Å². The van der Waals surface area contributed by atoms with Crippen molar-refractivity contribution in [3.8, 4) is 11.5 Å². The molecular weight excluding hydrogens is 456 g/mol. The number of fused-ring (bicyclic) bond motifs is 1. The molecule has 2 N–H and O–H groups in total. The number of likely N-dealkylation sites (tertiary alicyclic amines) is 1. The summed E-state index contributed by atoms with van der Waals surface area (Å²) in [6.45, 7) is 2.32. The first-order valence-electron chi connectivity index (χ1n) is 12.7. The predicted octanol–water partition coefficient (Wildman–Crippen LogP) is 4.72. The van der Waals surface area contributed by atoms with Gasteiger partial charge in [-0.15, -0.1) is 0 Å². The molecule has 0 saturated carbocycles. The molecule has 36 heavy (non-hydrogen) atoms. The van der Waals surface area contributed by atoms with Gasteiger partial charge >= 0.3 is 5.97 Å². The Morgan fingerprint density at radius 1 is 1.14 bits per heavy atom. The first-order valence-corrected chi connectivity index (χ1v) is 12.7. The number of nitrogens with zero attached hydrogens (tertiary/aromatic N) is 2. The standard InChI is InChI=1S/C29H36N2O5/c1-35-22-7-3-5-20(17-22)6-4-15-31-16-13-21(26(19-31)29(33)34)8-11-28(32)24-12-14-30-27-10-9-23(36-2)18-25(24)27/h3,5,7,9-10,12,14,17-18,21,26,28,32H,4,6,8,11,13,15-16,19H2,1-2H3,(H,33,34)/t21-,26+,28?/m1/s1. The second kappa shape index (κ2) is 12.2. The van der Waals surface area contributed by atoms with Crippen molar-refractivity contribution in [3.63, 3.8) is 0 Å². The lowest BCUT2D eigenvalue weighted by Gasteiger charge is -2.37. The fourth-order valence-electron chi connectivity index (χ4n) is 5.32. The van der Waals surface area contributed by atoms with Crippen molar-refractivity contribution >= 4 is 16.9 Å². The minimum Gasteiger partial charge on any atom is -0.497 e. The normalized spacial score (nSPS) is 19.2. The second-order valence-corrected chi connectivity index (χ2v) is 9.63. The largest absolute Gasteiger partial charge is 0.497 e. The number of carbonyl (C=O) groups is 1. The zero-order valence-electron chi connectivity index (χ0n) is 21.1. The van der Waals surface area contributed by atoms with Crippen molar-refractivity contribution in [2.75, 3.05) is 33.9 Å². The molecule has 2 heterocycles. The number of methoxy groups -OCH3 is 2. The molecule has 7 nitrogen and oxygen atoms in total. The average molecular weight is 493 g/mol. The lowest BCUT2D eigenvalue weighted by Crippen LogP contribution is -2.44.